The van der Waals surface area contributed by atoms with E-state index >= 15 is 0 Å². The largest absolute Gasteiger partial charge is 0.373 e. The highest BCUT2D eigenvalue weighted by Crippen LogP contribution is 2.38. The van der Waals surface area contributed by atoms with Gasteiger partial charge in [0.25, 0.3) is 5.91 Å². The zero-order chi connectivity index (χ0) is 16.6. The van der Waals surface area contributed by atoms with E-state index < -0.39 is 0 Å². The van der Waals surface area contributed by atoms with Crippen LogP contribution in [0.3, 0.4) is 0 Å². The zero-order valence-electron chi connectivity index (χ0n) is 14.0. The van der Waals surface area contributed by atoms with Crippen molar-refractivity contribution < 1.29 is 9.53 Å². The molecule has 3 fully saturated rings. The van der Waals surface area contributed by atoms with Crippen molar-refractivity contribution in [1.82, 2.24) is 9.80 Å². The fourth-order valence-corrected chi connectivity index (χ4v) is 4.62. The van der Waals surface area contributed by atoms with Crippen molar-refractivity contribution >= 4 is 17.5 Å². The molecule has 3 aliphatic heterocycles. The lowest BCUT2D eigenvalue weighted by molar-refractivity contribution is -0.0393. The summed E-state index contributed by atoms with van der Waals surface area (Å²) in [7, 11) is 0. The lowest BCUT2D eigenvalue weighted by atomic mass is 9.87. The molecule has 1 spiro atoms. The van der Waals surface area contributed by atoms with Crippen molar-refractivity contribution in [3.8, 4) is 0 Å². The molecule has 4 nitrogen and oxygen atoms in total. The number of rotatable bonds is 2. The fourth-order valence-electron chi connectivity index (χ4n) is 4.43. The van der Waals surface area contributed by atoms with E-state index in [1.807, 2.05) is 17.0 Å². The molecular formula is C19H25ClN2O2. The average Bonchev–Trinajstić information content (AvgIpc) is 3.25. The molecule has 0 aromatic heterocycles. The number of piperidine rings is 1. The van der Waals surface area contributed by atoms with Gasteiger partial charge >= 0.3 is 0 Å². The molecule has 3 heterocycles. The molecule has 0 N–H and O–H groups in total. The third-order valence-corrected chi connectivity index (χ3v) is 6.12. The van der Waals surface area contributed by atoms with Gasteiger partial charge in [0.05, 0.1) is 12.2 Å². The molecule has 130 valence electrons. The first-order valence-electron chi connectivity index (χ1n) is 9.08. The maximum Gasteiger partial charge on any atom is 0.253 e. The van der Waals surface area contributed by atoms with Gasteiger partial charge in [0.2, 0.25) is 0 Å². The highest BCUT2D eigenvalue weighted by Gasteiger charge is 2.45. The topological polar surface area (TPSA) is 32.8 Å². The molecule has 3 aliphatic rings. The number of carbonyl (C=O) groups is 1. The van der Waals surface area contributed by atoms with Crippen molar-refractivity contribution in [1.29, 1.82) is 0 Å². The molecule has 0 bridgehead atoms. The predicted molar refractivity (Wildman–Crippen MR) is 94.5 cm³/mol. The summed E-state index contributed by atoms with van der Waals surface area (Å²) in [5, 5.41) is 0.613. The number of halogens is 1. The number of nitrogens with zero attached hydrogens (tertiary/aromatic N) is 2. The van der Waals surface area contributed by atoms with Crippen LogP contribution in [0.4, 0.5) is 0 Å². The Kier molecular flexibility index (Phi) is 4.54. The Balaban J connectivity index is 1.36. The van der Waals surface area contributed by atoms with Crippen LogP contribution >= 0.6 is 11.6 Å². The summed E-state index contributed by atoms with van der Waals surface area (Å²) in [4.78, 5) is 17.2. The second kappa shape index (κ2) is 6.66. The van der Waals surface area contributed by atoms with E-state index in [9.17, 15) is 4.79 Å². The highest BCUT2D eigenvalue weighted by molar-refractivity contribution is 6.30. The number of likely N-dealkylation sites (tertiary alicyclic amines) is 2. The van der Waals surface area contributed by atoms with E-state index in [0.29, 0.717) is 16.6 Å². The SMILES string of the molecule is O=C(c1cccc(Cl)c1)N1CCC2(CC1)C[C@@H](N1CCCC1)CO2. The lowest BCUT2D eigenvalue weighted by Gasteiger charge is -2.39. The zero-order valence-corrected chi connectivity index (χ0v) is 14.8. The maximum atomic E-state index is 12.6. The number of hydrogen-bond acceptors (Lipinski definition) is 3. The second-order valence-electron chi connectivity index (χ2n) is 7.40. The molecule has 24 heavy (non-hydrogen) atoms. The summed E-state index contributed by atoms with van der Waals surface area (Å²) in [6, 6.07) is 7.82. The summed E-state index contributed by atoms with van der Waals surface area (Å²) in [6.07, 6.45) is 5.68. The molecule has 3 saturated heterocycles. The van der Waals surface area contributed by atoms with Gasteiger partial charge in [-0.1, -0.05) is 17.7 Å². The van der Waals surface area contributed by atoms with Crippen LogP contribution in [0.5, 0.6) is 0 Å². The first-order valence-corrected chi connectivity index (χ1v) is 9.46. The van der Waals surface area contributed by atoms with E-state index in [4.69, 9.17) is 16.3 Å². The number of ether oxygens (including phenoxy) is 1. The van der Waals surface area contributed by atoms with E-state index in [1.165, 1.54) is 25.9 Å². The number of carbonyl (C=O) groups excluding carboxylic acids is 1. The van der Waals surface area contributed by atoms with Crippen molar-refractivity contribution in [3.05, 3.63) is 34.9 Å². The number of amides is 1. The minimum Gasteiger partial charge on any atom is -0.373 e. The molecular weight excluding hydrogens is 324 g/mol. The number of benzene rings is 1. The van der Waals surface area contributed by atoms with Gasteiger partial charge in [0.1, 0.15) is 0 Å². The van der Waals surface area contributed by atoms with E-state index in [0.717, 1.165) is 39.0 Å². The van der Waals surface area contributed by atoms with Gasteiger partial charge in [0, 0.05) is 29.7 Å². The molecule has 0 unspecified atom stereocenters. The van der Waals surface area contributed by atoms with Crippen molar-refractivity contribution in [2.45, 2.75) is 43.7 Å². The van der Waals surface area contributed by atoms with Crippen LogP contribution in [0.1, 0.15) is 42.5 Å². The molecule has 0 aliphatic carbocycles. The third-order valence-electron chi connectivity index (χ3n) is 5.88. The molecule has 1 atom stereocenters. The smallest absolute Gasteiger partial charge is 0.253 e. The van der Waals surface area contributed by atoms with Crippen molar-refractivity contribution in [2.24, 2.45) is 0 Å². The Morgan fingerprint density at radius 3 is 2.62 bits per heavy atom. The second-order valence-corrected chi connectivity index (χ2v) is 7.83. The van der Waals surface area contributed by atoms with Crippen LogP contribution in [0.25, 0.3) is 0 Å². The van der Waals surface area contributed by atoms with Gasteiger partial charge < -0.3 is 9.64 Å². The molecule has 5 heteroatoms. The summed E-state index contributed by atoms with van der Waals surface area (Å²) in [6.45, 7) is 4.87. The van der Waals surface area contributed by atoms with E-state index in [-0.39, 0.29) is 11.5 Å². The predicted octanol–water partition coefficient (Wildman–Crippen LogP) is 3.20. The van der Waals surface area contributed by atoms with Gasteiger partial charge in [-0.05, 0) is 63.4 Å². The minimum atomic E-state index is -0.00162. The number of hydrogen-bond donors (Lipinski definition) is 0. The Hall–Kier alpha value is -1.10. The summed E-state index contributed by atoms with van der Waals surface area (Å²) < 4.78 is 6.26. The molecule has 4 rings (SSSR count). The third kappa shape index (κ3) is 3.19. The van der Waals surface area contributed by atoms with Crippen LogP contribution in [-0.4, -0.2) is 60.1 Å². The standard InChI is InChI=1S/C19H25ClN2O2/c20-16-5-3-4-15(12-16)18(23)22-10-6-19(7-11-22)13-17(14-24-19)21-8-1-2-9-21/h3-5,12,17H,1-2,6-11,13-14H2/t17-/m1/s1. The quantitative estimate of drug-likeness (QED) is 0.822. The summed E-state index contributed by atoms with van der Waals surface area (Å²) in [5.74, 6) is 0.0847. The minimum absolute atomic E-state index is 0.00162. The van der Waals surface area contributed by atoms with E-state index in [1.54, 1.807) is 12.1 Å². The Morgan fingerprint density at radius 1 is 1.17 bits per heavy atom. The molecule has 1 aromatic rings. The first-order chi connectivity index (χ1) is 11.7. The van der Waals surface area contributed by atoms with Crippen molar-refractivity contribution in [3.63, 3.8) is 0 Å². The highest BCUT2D eigenvalue weighted by atomic mass is 35.5. The Morgan fingerprint density at radius 2 is 1.92 bits per heavy atom. The average molecular weight is 349 g/mol. The summed E-state index contributed by atoms with van der Waals surface area (Å²) >= 11 is 6.01. The van der Waals surface area contributed by atoms with Gasteiger partial charge in [-0.3, -0.25) is 9.69 Å². The van der Waals surface area contributed by atoms with Crippen LogP contribution in [0.15, 0.2) is 24.3 Å². The van der Waals surface area contributed by atoms with Gasteiger partial charge in [-0.2, -0.15) is 0 Å². The van der Waals surface area contributed by atoms with Crippen LogP contribution < -0.4 is 0 Å². The molecule has 1 amide bonds. The lowest BCUT2D eigenvalue weighted by Crippen LogP contribution is -2.47. The van der Waals surface area contributed by atoms with Gasteiger partial charge in [-0.15, -0.1) is 0 Å². The fraction of sp³-hybridized carbons (Fsp3) is 0.632. The molecule has 0 radical (unpaired) electrons. The monoisotopic (exact) mass is 348 g/mol. The van der Waals surface area contributed by atoms with Crippen LogP contribution in [0, 0.1) is 0 Å². The van der Waals surface area contributed by atoms with Crippen LogP contribution in [0.2, 0.25) is 5.02 Å². The maximum absolute atomic E-state index is 12.6. The van der Waals surface area contributed by atoms with E-state index in [2.05, 4.69) is 4.90 Å². The van der Waals surface area contributed by atoms with Crippen molar-refractivity contribution in [2.75, 3.05) is 32.8 Å². The molecule has 1 aromatic carbocycles. The van der Waals surface area contributed by atoms with Gasteiger partial charge in [-0.25, -0.2) is 0 Å². The summed E-state index contributed by atoms with van der Waals surface area (Å²) in [5.41, 5.74) is 0.680. The normalized spacial score (nSPS) is 27.0. The Bertz CT molecular complexity index is 607. The van der Waals surface area contributed by atoms with Crippen LogP contribution in [-0.2, 0) is 4.74 Å². The van der Waals surface area contributed by atoms with Gasteiger partial charge in [0.15, 0.2) is 0 Å². The first kappa shape index (κ1) is 16.4. The Labute approximate surface area is 148 Å². The molecule has 0 saturated carbocycles.